The zero-order valence-electron chi connectivity index (χ0n) is 14.4. The Bertz CT molecular complexity index is 830. The van der Waals surface area contributed by atoms with Crippen molar-refractivity contribution in [1.82, 2.24) is 20.4 Å². The molecule has 1 aliphatic heterocycles. The van der Waals surface area contributed by atoms with Gasteiger partial charge in [-0.15, -0.1) is 0 Å². The number of hydrogen-bond acceptors (Lipinski definition) is 4. The first-order valence-corrected chi connectivity index (χ1v) is 9.33. The highest BCUT2D eigenvalue weighted by Gasteiger charge is 2.34. The van der Waals surface area contributed by atoms with Crippen LogP contribution in [0.15, 0.2) is 40.9 Å². The number of fused-ring (bicyclic) bond motifs is 1. The molecule has 5 rings (SSSR count). The molecule has 1 aromatic carbocycles. The highest BCUT2D eigenvalue weighted by molar-refractivity contribution is 5.82. The van der Waals surface area contributed by atoms with Gasteiger partial charge in [0.25, 0.3) is 0 Å². The summed E-state index contributed by atoms with van der Waals surface area (Å²) in [4.78, 5) is 2.67. The highest BCUT2D eigenvalue weighted by Crippen LogP contribution is 2.32. The van der Waals surface area contributed by atoms with Gasteiger partial charge in [0.05, 0.1) is 6.20 Å². The Morgan fingerprint density at radius 3 is 3.04 bits per heavy atom. The van der Waals surface area contributed by atoms with Gasteiger partial charge in [0.1, 0.15) is 11.3 Å². The van der Waals surface area contributed by atoms with Crippen LogP contribution < -0.4 is 5.32 Å². The third-order valence-corrected chi connectivity index (χ3v) is 5.52. The number of para-hydroxylation sites is 1. The van der Waals surface area contributed by atoms with E-state index in [4.69, 9.17) is 4.42 Å². The normalized spacial score (nSPS) is 21.4. The van der Waals surface area contributed by atoms with Crippen LogP contribution in [0.5, 0.6) is 0 Å². The van der Waals surface area contributed by atoms with E-state index in [-0.39, 0.29) is 0 Å². The van der Waals surface area contributed by atoms with E-state index in [1.165, 1.54) is 32.4 Å². The second-order valence-electron chi connectivity index (χ2n) is 7.43. The Morgan fingerprint density at radius 2 is 2.16 bits per heavy atom. The van der Waals surface area contributed by atoms with Gasteiger partial charge in [0.15, 0.2) is 5.76 Å². The monoisotopic (exact) mass is 336 g/mol. The van der Waals surface area contributed by atoms with Crippen LogP contribution in [0.4, 0.5) is 0 Å². The minimum atomic E-state index is 0.780. The highest BCUT2D eigenvalue weighted by atomic mass is 16.3. The fourth-order valence-electron chi connectivity index (χ4n) is 3.98. The van der Waals surface area contributed by atoms with Crippen molar-refractivity contribution in [3.63, 3.8) is 0 Å². The Kier molecular flexibility index (Phi) is 3.83. The van der Waals surface area contributed by atoms with Crippen molar-refractivity contribution in [1.29, 1.82) is 0 Å². The van der Waals surface area contributed by atoms with Crippen molar-refractivity contribution in [3.05, 3.63) is 42.1 Å². The summed E-state index contributed by atoms with van der Waals surface area (Å²) in [5.74, 6) is 1.64. The minimum absolute atomic E-state index is 0.780. The molecule has 5 heteroatoms. The van der Waals surface area contributed by atoms with Gasteiger partial charge in [0, 0.05) is 30.1 Å². The lowest BCUT2D eigenvalue weighted by Crippen LogP contribution is -2.27. The van der Waals surface area contributed by atoms with E-state index < -0.39 is 0 Å². The summed E-state index contributed by atoms with van der Waals surface area (Å²) in [6.45, 7) is 4.45. The number of nitrogens with one attached hydrogen (secondary N) is 2. The number of H-pyrrole nitrogens is 1. The summed E-state index contributed by atoms with van der Waals surface area (Å²) >= 11 is 0. The summed E-state index contributed by atoms with van der Waals surface area (Å²) in [7, 11) is 0. The molecule has 1 atom stereocenters. The average molecular weight is 336 g/mol. The zero-order valence-corrected chi connectivity index (χ0v) is 14.4. The van der Waals surface area contributed by atoms with Gasteiger partial charge in [0.2, 0.25) is 0 Å². The molecule has 0 amide bonds. The van der Waals surface area contributed by atoms with Crippen LogP contribution in [0.25, 0.3) is 22.4 Å². The molecule has 2 N–H and O–H groups in total. The first-order valence-electron chi connectivity index (χ1n) is 9.33. The summed E-state index contributed by atoms with van der Waals surface area (Å²) in [5, 5.41) is 12.1. The van der Waals surface area contributed by atoms with Crippen LogP contribution in [-0.2, 0) is 6.54 Å². The number of nitrogens with zero attached hydrogens (tertiary/aromatic N) is 2. The summed E-state index contributed by atoms with van der Waals surface area (Å²) in [5.41, 5.74) is 3.06. The van der Waals surface area contributed by atoms with Gasteiger partial charge < -0.3 is 14.6 Å². The SMILES string of the molecule is c1ccc2oc(-c3[nH]ncc3CNCC3CCN(C4CC4)C3)cc2c1. The number of aromatic nitrogens is 2. The van der Waals surface area contributed by atoms with Gasteiger partial charge in [-0.25, -0.2) is 0 Å². The molecule has 0 spiro atoms. The van der Waals surface area contributed by atoms with E-state index in [1.807, 2.05) is 24.4 Å². The molecular weight excluding hydrogens is 312 g/mol. The topological polar surface area (TPSA) is 57.1 Å². The average Bonchev–Trinajstić information content (AvgIpc) is 3.05. The van der Waals surface area contributed by atoms with Crippen molar-refractivity contribution in [2.75, 3.05) is 19.6 Å². The van der Waals surface area contributed by atoms with E-state index in [1.54, 1.807) is 0 Å². The van der Waals surface area contributed by atoms with Crippen molar-refractivity contribution >= 4 is 11.0 Å². The lowest BCUT2D eigenvalue weighted by molar-refractivity contribution is 0.312. The molecule has 25 heavy (non-hydrogen) atoms. The first kappa shape index (κ1) is 15.2. The molecule has 0 bridgehead atoms. The molecule has 0 radical (unpaired) electrons. The molecule has 2 aliphatic rings. The molecule has 2 aromatic heterocycles. The van der Waals surface area contributed by atoms with Gasteiger partial charge in [-0.3, -0.25) is 5.10 Å². The number of furan rings is 1. The van der Waals surface area contributed by atoms with Crippen LogP contribution in [0.2, 0.25) is 0 Å². The van der Waals surface area contributed by atoms with Gasteiger partial charge >= 0.3 is 0 Å². The van der Waals surface area contributed by atoms with E-state index in [0.717, 1.165) is 53.0 Å². The van der Waals surface area contributed by atoms with E-state index >= 15 is 0 Å². The predicted octanol–water partition coefficient (Wildman–Crippen LogP) is 3.40. The number of aromatic amines is 1. The Hall–Kier alpha value is -2.11. The molecule has 1 saturated carbocycles. The molecule has 1 unspecified atom stereocenters. The van der Waals surface area contributed by atoms with Crippen molar-refractivity contribution in [2.24, 2.45) is 5.92 Å². The van der Waals surface area contributed by atoms with Crippen LogP contribution in [0, 0.1) is 5.92 Å². The maximum Gasteiger partial charge on any atom is 0.153 e. The molecule has 2 fully saturated rings. The molecular formula is C20H24N4O. The second kappa shape index (κ2) is 6.32. The summed E-state index contributed by atoms with van der Waals surface area (Å²) in [6, 6.07) is 11.1. The van der Waals surface area contributed by atoms with Crippen LogP contribution in [0.1, 0.15) is 24.8 Å². The Labute approximate surface area is 147 Å². The summed E-state index contributed by atoms with van der Waals surface area (Å²) < 4.78 is 5.97. The van der Waals surface area contributed by atoms with Crippen molar-refractivity contribution in [3.8, 4) is 11.5 Å². The van der Waals surface area contributed by atoms with E-state index in [9.17, 15) is 0 Å². The molecule has 3 heterocycles. The standard InChI is InChI=1S/C20H24N4O/c1-2-4-18-15(3-1)9-19(25-18)20-16(12-22-23-20)11-21-10-14-7-8-24(13-14)17-5-6-17/h1-4,9,12,14,17,21H,5-8,10-11,13H2,(H,22,23). The van der Waals surface area contributed by atoms with Gasteiger partial charge in [-0.05, 0) is 50.4 Å². The molecule has 3 aromatic rings. The minimum Gasteiger partial charge on any atom is -0.454 e. The van der Waals surface area contributed by atoms with E-state index in [2.05, 4.69) is 32.5 Å². The maximum absolute atomic E-state index is 5.97. The maximum atomic E-state index is 5.97. The third kappa shape index (κ3) is 3.10. The smallest absolute Gasteiger partial charge is 0.153 e. The largest absolute Gasteiger partial charge is 0.454 e. The van der Waals surface area contributed by atoms with Crippen molar-refractivity contribution in [2.45, 2.75) is 31.8 Å². The number of likely N-dealkylation sites (tertiary alicyclic amines) is 1. The first-order chi connectivity index (χ1) is 12.4. The van der Waals surface area contributed by atoms with Gasteiger partial charge in [-0.1, -0.05) is 18.2 Å². The Balaban J connectivity index is 1.22. The molecule has 1 aliphatic carbocycles. The van der Waals surface area contributed by atoms with Gasteiger partial charge in [-0.2, -0.15) is 5.10 Å². The molecule has 130 valence electrons. The fraction of sp³-hybridized carbons (Fsp3) is 0.450. The van der Waals surface area contributed by atoms with E-state index in [0.29, 0.717) is 0 Å². The fourth-order valence-corrected chi connectivity index (χ4v) is 3.98. The number of benzene rings is 1. The number of rotatable bonds is 6. The molecule has 5 nitrogen and oxygen atoms in total. The molecule has 1 saturated heterocycles. The van der Waals surface area contributed by atoms with Crippen LogP contribution in [-0.4, -0.2) is 40.8 Å². The quantitative estimate of drug-likeness (QED) is 0.724. The van der Waals surface area contributed by atoms with Crippen LogP contribution in [0.3, 0.4) is 0 Å². The van der Waals surface area contributed by atoms with Crippen molar-refractivity contribution < 1.29 is 4.42 Å². The summed E-state index contributed by atoms with van der Waals surface area (Å²) in [6.07, 6.45) is 6.05. The Morgan fingerprint density at radius 1 is 1.24 bits per heavy atom. The lowest BCUT2D eigenvalue weighted by atomic mass is 10.1. The second-order valence-corrected chi connectivity index (χ2v) is 7.43. The lowest BCUT2D eigenvalue weighted by Gasteiger charge is -2.15. The zero-order chi connectivity index (χ0) is 16.6. The third-order valence-electron chi connectivity index (χ3n) is 5.52. The predicted molar refractivity (Wildman–Crippen MR) is 98.2 cm³/mol. The van der Waals surface area contributed by atoms with Crippen LogP contribution >= 0.6 is 0 Å². The number of hydrogen-bond donors (Lipinski definition) is 2.